The number of ether oxygens (including phenoxy) is 1. The minimum absolute atomic E-state index is 0.233. The number of rotatable bonds is 4. The van der Waals surface area contributed by atoms with E-state index in [1.54, 1.807) is 7.11 Å². The largest absolute Gasteiger partial charge is 0.496 e. The maximum absolute atomic E-state index is 5.48. The summed E-state index contributed by atoms with van der Waals surface area (Å²) in [4.78, 5) is 0. The standard InChI is InChI=1S/C14H22O/c1-6-14(4,7-2)13-11(3)9-8-10-12(13)15-5/h8-10H,6-7H2,1-5H3. The van der Waals surface area contributed by atoms with Gasteiger partial charge in [0.05, 0.1) is 7.11 Å². The Morgan fingerprint density at radius 2 is 1.80 bits per heavy atom. The molecule has 0 radical (unpaired) electrons. The molecular formula is C14H22O. The van der Waals surface area contributed by atoms with E-state index in [1.807, 2.05) is 0 Å². The first-order valence-corrected chi connectivity index (χ1v) is 5.73. The number of hydrogen-bond donors (Lipinski definition) is 0. The molecule has 0 amide bonds. The van der Waals surface area contributed by atoms with Gasteiger partial charge in [-0.05, 0) is 36.8 Å². The second-order valence-electron chi connectivity index (χ2n) is 4.42. The van der Waals surface area contributed by atoms with Gasteiger partial charge in [-0.15, -0.1) is 0 Å². The van der Waals surface area contributed by atoms with Crippen LogP contribution in [0.2, 0.25) is 0 Å². The molecule has 0 aliphatic carbocycles. The van der Waals surface area contributed by atoms with E-state index in [9.17, 15) is 0 Å². The predicted molar refractivity (Wildman–Crippen MR) is 65.7 cm³/mol. The van der Waals surface area contributed by atoms with Gasteiger partial charge in [0.1, 0.15) is 5.75 Å². The Hall–Kier alpha value is -0.980. The van der Waals surface area contributed by atoms with Gasteiger partial charge in [0.25, 0.3) is 0 Å². The maximum atomic E-state index is 5.48. The van der Waals surface area contributed by atoms with Crippen molar-refractivity contribution in [2.45, 2.75) is 46.0 Å². The molecule has 0 bridgehead atoms. The Morgan fingerprint density at radius 1 is 1.20 bits per heavy atom. The first kappa shape index (κ1) is 12.1. The highest BCUT2D eigenvalue weighted by Gasteiger charge is 2.27. The van der Waals surface area contributed by atoms with Crippen LogP contribution in [0.5, 0.6) is 5.75 Å². The van der Waals surface area contributed by atoms with E-state index in [4.69, 9.17) is 4.74 Å². The molecule has 1 nitrogen and oxygen atoms in total. The molecule has 0 heterocycles. The molecule has 1 aromatic rings. The number of benzene rings is 1. The molecule has 1 heteroatoms. The Balaban J connectivity index is 3.33. The Morgan fingerprint density at radius 3 is 2.27 bits per heavy atom. The zero-order valence-corrected chi connectivity index (χ0v) is 10.6. The third-order valence-corrected chi connectivity index (χ3v) is 3.62. The Bertz CT molecular complexity index is 324. The van der Waals surface area contributed by atoms with Crippen molar-refractivity contribution in [3.8, 4) is 5.75 Å². The lowest BCUT2D eigenvalue weighted by atomic mass is 9.75. The molecule has 0 N–H and O–H groups in total. The highest BCUT2D eigenvalue weighted by molar-refractivity contribution is 5.44. The van der Waals surface area contributed by atoms with E-state index in [-0.39, 0.29) is 5.41 Å². The molecule has 1 rings (SSSR count). The highest BCUT2D eigenvalue weighted by Crippen LogP contribution is 2.39. The van der Waals surface area contributed by atoms with Gasteiger partial charge in [-0.1, -0.05) is 32.9 Å². The van der Waals surface area contributed by atoms with E-state index in [0.29, 0.717) is 0 Å². The highest BCUT2D eigenvalue weighted by atomic mass is 16.5. The van der Waals surface area contributed by atoms with Crippen LogP contribution in [-0.4, -0.2) is 7.11 Å². The van der Waals surface area contributed by atoms with E-state index in [1.165, 1.54) is 11.1 Å². The van der Waals surface area contributed by atoms with Crippen LogP contribution < -0.4 is 4.74 Å². The van der Waals surface area contributed by atoms with Crippen molar-refractivity contribution in [1.29, 1.82) is 0 Å². The minimum Gasteiger partial charge on any atom is -0.496 e. The van der Waals surface area contributed by atoms with E-state index in [0.717, 1.165) is 18.6 Å². The molecule has 15 heavy (non-hydrogen) atoms. The van der Waals surface area contributed by atoms with Crippen LogP contribution in [-0.2, 0) is 5.41 Å². The summed E-state index contributed by atoms with van der Waals surface area (Å²) >= 11 is 0. The third-order valence-electron chi connectivity index (χ3n) is 3.62. The topological polar surface area (TPSA) is 9.23 Å². The molecule has 0 spiro atoms. The first-order chi connectivity index (χ1) is 7.09. The first-order valence-electron chi connectivity index (χ1n) is 5.73. The maximum Gasteiger partial charge on any atom is 0.122 e. The van der Waals surface area contributed by atoms with Crippen LogP contribution in [0, 0.1) is 6.92 Å². The monoisotopic (exact) mass is 206 g/mol. The summed E-state index contributed by atoms with van der Waals surface area (Å²) in [6.45, 7) is 8.98. The summed E-state index contributed by atoms with van der Waals surface area (Å²) in [6.07, 6.45) is 2.29. The molecule has 0 unspecified atom stereocenters. The van der Waals surface area contributed by atoms with Gasteiger partial charge in [-0.2, -0.15) is 0 Å². The second kappa shape index (κ2) is 4.69. The lowest BCUT2D eigenvalue weighted by Crippen LogP contribution is -2.21. The smallest absolute Gasteiger partial charge is 0.122 e. The fourth-order valence-corrected chi connectivity index (χ4v) is 2.19. The summed E-state index contributed by atoms with van der Waals surface area (Å²) in [5, 5.41) is 0. The molecular weight excluding hydrogens is 184 g/mol. The number of methoxy groups -OCH3 is 1. The van der Waals surface area contributed by atoms with E-state index >= 15 is 0 Å². The lowest BCUT2D eigenvalue weighted by Gasteiger charge is -2.30. The number of hydrogen-bond acceptors (Lipinski definition) is 1. The van der Waals surface area contributed by atoms with Crippen molar-refractivity contribution in [3.05, 3.63) is 29.3 Å². The van der Waals surface area contributed by atoms with Crippen LogP contribution >= 0.6 is 0 Å². The lowest BCUT2D eigenvalue weighted by molar-refractivity contribution is 0.372. The average molecular weight is 206 g/mol. The molecule has 0 saturated carbocycles. The zero-order valence-electron chi connectivity index (χ0n) is 10.6. The molecule has 1 aromatic carbocycles. The fraction of sp³-hybridized carbons (Fsp3) is 0.571. The van der Waals surface area contributed by atoms with Gasteiger partial charge in [0, 0.05) is 5.56 Å². The second-order valence-corrected chi connectivity index (χ2v) is 4.42. The van der Waals surface area contributed by atoms with Crippen LogP contribution in [0.4, 0.5) is 0 Å². The fourth-order valence-electron chi connectivity index (χ4n) is 2.19. The van der Waals surface area contributed by atoms with Crippen molar-refractivity contribution >= 4 is 0 Å². The van der Waals surface area contributed by atoms with E-state index in [2.05, 4.69) is 45.9 Å². The summed E-state index contributed by atoms with van der Waals surface area (Å²) in [5.41, 5.74) is 2.94. The van der Waals surface area contributed by atoms with Gasteiger partial charge in [-0.3, -0.25) is 0 Å². The Kier molecular flexibility index (Phi) is 3.78. The molecule has 0 aromatic heterocycles. The van der Waals surface area contributed by atoms with Crippen molar-refractivity contribution in [1.82, 2.24) is 0 Å². The predicted octanol–water partition coefficient (Wildman–Crippen LogP) is 4.08. The summed E-state index contributed by atoms with van der Waals surface area (Å²) < 4.78 is 5.48. The molecule has 0 atom stereocenters. The van der Waals surface area contributed by atoms with Gasteiger partial charge in [-0.25, -0.2) is 0 Å². The van der Waals surface area contributed by atoms with Crippen molar-refractivity contribution in [3.63, 3.8) is 0 Å². The summed E-state index contributed by atoms with van der Waals surface area (Å²) in [5.74, 6) is 1.03. The summed E-state index contributed by atoms with van der Waals surface area (Å²) in [7, 11) is 1.75. The van der Waals surface area contributed by atoms with Crippen molar-refractivity contribution in [2.75, 3.05) is 7.11 Å². The van der Waals surface area contributed by atoms with Crippen LogP contribution in [0.1, 0.15) is 44.7 Å². The molecule has 0 fully saturated rings. The van der Waals surface area contributed by atoms with Crippen molar-refractivity contribution < 1.29 is 4.74 Å². The third kappa shape index (κ3) is 2.17. The summed E-state index contributed by atoms with van der Waals surface area (Å²) in [6, 6.07) is 6.29. The van der Waals surface area contributed by atoms with Gasteiger partial charge in [0.15, 0.2) is 0 Å². The normalized spacial score (nSPS) is 11.5. The zero-order chi connectivity index (χ0) is 11.5. The minimum atomic E-state index is 0.233. The van der Waals surface area contributed by atoms with Crippen LogP contribution in [0.3, 0.4) is 0 Å². The Labute approximate surface area is 93.5 Å². The van der Waals surface area contributed by atoms with Crippen LogP contribution in [0.15, 0.2) is 18.2 Å². The van der Waals surface area contributed by atoms with E-state index < -0.39 is 0 Å². The quantitative estimate of drug-likeness (QED) is 0.721. The van der Waals surface area contributed by atoms with Gasteiger partial charge < -0.3 is 4.74 Å². The van der Waals surface area contributed by atoms with Crippen LogP contribution in [0.25, 0.3) is 0 Å². The SMILES string of the molecule is CCC(C)(CC)c1c(C)cccc1OC. The molecule has 84 valence electrons. The molecule has 0 aliphatic rings. The van der Waals surface area contributed by atoms with Gasteiger partial charge >= 0.3 is 0 Å². The average Bonchev–Trinajstić information content (AvgIpc) is 2.27. The molecule has 0 aliphatic heterocycles. The number of aryl methyl sites for hydroxylation is 1. The van der Waals surface area contributed by atoms with Gasteiger partial charge in [0.2, 0.25) is 0 Å². The van der Waals surface area contributed by atoms with Crippen molar-refractivity contribution in [2.24, 2.45) is 0 Å². The molecule has 0 saturated heterocycles.